The summed E-state index contributed by atoms with van der Waals surface area (Å²) >= 11 is 1.85. The number of likely N-dealkylation sites (tertiary alicyclic amines) is 1. The highest BCUT2D eigenvalue weighted by atomic mass is 32.1. The van der Waals surface area contributed by atoms with Crippen molar-refractivity contribution >= 4 is 17.2 Å². The van der Waals surface area contributed by atoms with Crippen LogP contribution in [0, 0.1) is 12.8 Å². The Bertz CT molecular complexity index is 780. The van der Waals surface area contributed by atoms with E-state index in [1.165, 1.54) is 48.1 Å². The van der Waals surface area contributed by atoms with Crippen LogP contribution >= 0.6 is 11.3 Å². The summed E-state index contributed by atoms with van der Waals surface area (Å²) in [6, 6.07) is 13.9. The monoisotopic (exact) mass is 410 g/mol. The normalized spacial score (nSPS) is 23.4. The van der Waals surface area contributed by atoms with Gasteiger partial charge in [-0.2, -0.15) is 0 Å². The van der Waals surface area contributed by atoms with Gasteiger partial charge in [-0.15, -0.1) is 11.3 Å². The van der Waals surface area contributed by atoms with Crippen molar-refractivity contribution in [2.24, 2.45) is 5.92 Å². The first kappa shape index (κ1) is 20.6. The van der Waals surface area contributed by atoms with E-state index in [-0.39, 0.29) is 5.91 Å². The molecule has 4 rings (SSSR count). The van der Waals surface area contributed by atoms with E-state index in [1.54, 1.807) is 6.92 Å². The standard InChI is InChI=1S/C25H34N2OS/c1-19-10-12-21(13-11-19)25-18-26(17-24-9-6-14-29-24)15-22(25)16-27(20(2)28)23-7-4-3-5-8-23/h6,9-14,22-23,25H,3-5,7-8,15-18H2,1-2H3/t22-,25+/m0/s1. The SMILES string of the molecule is CC(=O)N(C[C@@H]1CN(Cc2cccs2)C[C@@H]1c1ccc(C)cc1)C1CCCCC1. The molecule has 0 spiro atoms. The van der Waals surface area contributed by atoms with Gasteiger partial charge in [0, 0.05) is 49.9 Å². The summed E-state index contributed by atoms with van der Waals surface area (Å²) in [4.78, 5) is 18.8. The molecule has 1 aliphatic carbocycles. The summed E-state index contributed by atoms with van der Waals surface area (Å²) < 4.78 is 0. The van der Waals surface area contributed by atoms with Crippen LogP contribution in [0.1, 0.15) is 60.9 Å². The summed E-state index contributed by atoms with van der Waals surface area (Å²) in [5, 5.41) is 2.17. The molecule has 2 fully saturated rings. The van der Waals surface area contributed by atoms with Crippen LogP contribution in [0.4, 0.5) is 0 Å². The zero-order chi connectivity index (χ0) is 20.2. The maximum atomic E-state index is 12.6. The van der Waals surface area contributed by atoms with Gasteiger partial charge >= 0.3 is 0 Å². The summed E-state index contributed by atoms with van der Waals surface area (Å²) in [5.41, 5.74) is 2.74. The van der Waals surface area contributed by atoms with E-state index < -0.39 is 0 Å². The highest BCUT2D eigenvalue weighted by Crippen LogP contribution is 2.36. The molecule has 29 heavy (non-hydrogen) atoms. The Balaban J connectivity index is 1.53. The first-order valence-corrected chi connectivity index (χ1v) is 12.1. The molecule has 2 aromatic rings. The number of hydrogen-bond donors (Lipinski definition) is 0. The number of amides is 1. The Labute approximate surface area is 179 Å². The minimum absolute atomic E-state index is 0.260. The van der Waals surface area contributed by atoms with Crippen molar-refractivity contribution in [1.82, 2.24) is 9.80 Å². The molecular formula is C25H34N2OS. The van der Waals surface area contributed by atoms with E-state index in [4.69, 9.17) is 0 Å². The van der Waals surface area contributed by atoms with Crippen molar-refractivity contribution in [3.05, 3.63) is 57.8 Å². The van der Waals surface area contributed by atoms with Crippen LogP contribution in [0.5, 0.6) is 0 Å². The highest BCUT2D eigenvalue weighted by molar-refractivity contribution is 7.09. The van der Waals surface area contributed by atoms with Gasteiger partial charge in [0.2, 0.25) is 5.91 Å². The molecule has 1 saturated heterocycles. The Hall–Kier alpha value is -1.65. The quantitative estimate of drug-likeness (QED) is 0.632. The fourth-order valence-electron chi connectivity index (χ4n) is 5.27. The van der Waals surface area contributed by atoms with Crippen molar-refractivity contribution < 1.29 is 4.79 Å². The fraction of sp³-hybridized carbons (Fsp3) is 0.560. The van der Waals surface area contributed by atoms with E-state index >= 15 is 0 Å². The lowest BCUT2D eigenvalue weighted by molar-refractivity contribution is -0.132. The number of nitrogens with zero attached hydrogens (tertiary/aromatic N) is 2. The molecule has 0 bridgehead atoms. The van der Waals surface area contributed by atoms with Crippen LogP contribution in [0.2, 0.25) is 0 Å². The lowest BCUT2D eigenvalue weighted by atomic mass is 9.87. The number of carbonyl (C=O) groups excluding carboxylic acids is 1. The molecule has 0 unspecified atom stereocenters. The van der Waals surface area contributed by atoms with Gasteiger partial charge in [0.1, 0.15) is 0 Å². The minimum atomic E-state index is 0.260. The molecule has 2 aliphatic rings. The van der Waals surface area contributed by atoms with E-state index in [1.807, 2.05) is 11.3 Å². The van der Waals surface area contributed by atoms with Gasteiger partial charge < -0.3 is 4.90 Å². The van der Waals surface area contributed by atoms with E-state index in [2.05, 4.69) is 58.5 Å². The average molecular weight is 411 g/mol. The number of rotatable bonds is 6. The molecule has 4 heteroatoms. The number of aryl methyl sites for hydroxylation is 1. The zero-order valence-corrected chi connectivity index (χ0v) is 18.7. The van der Waals surface area contributed by atoms with Crippen molar-refractivity contribution in [3.63, 3.8) is 0 Å². The van der Waals surface area contributed by atoms with Crippen molar-refractivity contribution in [3.8, 4) is 0 Å². The fourth-order valence-corrected chi connectivity index (χ4v) is 6.02. The Morgan fingerprint density at radius 1 is 1.10 bits per heavy atom. The van der Waals surface area contributed by atoms with Gasteiger partial charge in [0.05, 0.1) is 0 Å². The molecule has 2 atom stereocenters. The second kappa shape index (κ2) is 9.44. The van der Waals surface area contributed by atoms with Crippen molar-refractivity contribution in [2.75, 3.05) is 19.6 Å². The van der Waals surface area contributed by atoms with Gasteiger partial charge in [0.15, 0.2) is 0 Å². The van der Waals surface area contributed by atoms with Crippen LogP contribution in [-0.2, 0) is 11.3 Å². The highest BCUT2D eigenvalue weighted by Gasteiger charge is 2.37. The van der Waals surface area contributed by atoms with Crippen LogP contribution in [0.3, 0.4) is 0 Å². The van der Waals surface area contributed by atoms with Crippen LogP contribution in [-0.4, -0.2) is 41.4 Å². The van der Waals surface area contributed by atoms with Crippen LogP contribution in [0.25, 0.3) is 0 Å². The van der Waals surface area contributed by atoms with Crippen molar-refractivity contribution in [1.29, 1.82) is 0 Å². The Morgan fingerprint density at radius 2 is 1.86 bits per heavy atom. The first-order chi connectivity index (χ1) is 14.1. The minimum Gasteiger partial charge on any atom is -0.340 e. The average Bonchev–Trinajstić information content (AvgIpc) is 3.37. The first-order valence-electron chi connectivity index (χ1n) is 11.2. The molecular weight excluding hydrogens is 376 g/mol. The van der Waals surface area contributed by atoms with E-state index in [0.29, 0.717) is 17.9 Å². The lowest BCUT2D eigenvalue weighted by Crippen LogP contribution is -2.44. The predicted molar refractivity (Wildman–Crippen MR) is 121 cm³/mol. The molecule has 0 N–H and O–H groups in total. The maximum absolute atomic E-state index is 12.6. The Kier molecular flexibility index (Phi) is 6.71. The molecule has 0 radical (unpaired) electrons. The number of benzene rings is 1. The molecule has 3 nitrogen and oxygen atoms in total. The zero-order valence-electron chi connectivity index (χ0n) is 17.8. The second-order valence-corrected chi connectivity index (χ2v) is 10.0. The molecule has 1 saturated carbocycles. The van der Waals surface area contributed by atoms with Gasteiger partial charge in [-0.3, -0.25) is 9.69 Å². The number of carbonyl (C=O) groups is 1. The van der Waals surface area contributed by atoms with Gasteiger partial charge in [-0.25, -0.2) is 0 Å². The molecule has 1 aliphatic heterocycles. The van der Waals surface area contributed by atoms with Gasteiger partial charge in [0.25, 0.3) is 0 Å². The lowest BCUT2D eigenvalue weighted by Gasteiger charge is -2.36. The third kappa shape index (κ3) is 5.10. The molecule has 1 aromatic heterocycles. The smallest absolute Gasteiger partial charge is 0.219 e. The Morgan fingerprint density at radius 3 is 2.52 bits per heavy atom. The summed E-state index contributed by atoms with van der Waals surface area (Å²) in [6.45, 7) is 8.02. The molecule has 1 amide bonds. The maximum Gasteiger partial charge on any atom is 0.219 e. The van der Waals surface area contributed by atoms with E-state index in [0.717, 1.165) is 26.2 Å². The molecule has 156 valence electrons. The summed E-state index contributed by atoms with van der Waals surface area (Å²) in [5.74, 6) is 1.26. The van der Waals surface area contributed by atoms with E-state index in [9.17, 15) is 4.79 Å². The van der Waals surface area contributed by atoms with Gasteiger partial charge in [-0.05, 0) is 42.7 Å². The third-order valence-electron chi connectivity index (χ3n) is 6.83. The summed E-state index contributed by atoms with van der Waals surface area (Å²) in [6.07, 6.45) is 6.23. The van der Waals surface area contributed by atoms with Crippen LogP contribution in [0.15, 0.2) is 41.8 Å². The summed E-state index contributed by atoms with van der Waals surface area (Å²) in [7, 11) is 0. The largest absolute Gasteiger partial charge is 0.340 e. The molecule has 1 aromatic carbocycles. The third-order valence-corrected chi connectivity index (χ3v) is 7.69. The van der Waals surface area contributed by atoms with Gasteiger partial charge in [-0.1, -0.05) is 55.2 Å². The predicted octanol–water partition coefficient (Wildman–Crippen LogP) is 5.45. The second-order valence-electron chi connectivity index (χ2n) is 9.01. The number of thiophene rings is 1. The topological polar surface area (TPSA) is 23.6 Å². The van der Waals surface area contributed by atoms with Crippen LogP contribution < -0.4 is 0 Å². The number of hydrogen-bond acceptors (Lipinski definition) is 3. The van der Waals surface area contributed by atoms with Crippen molar-refractivity contribution in [2.45, 2.75) is 64.5 Å². The molecule has 2 heterocycles.